The summed E-state index contributed by atoms with van der Waals surface area (Å²) in [5.74, 6) is 0.438. The van der Waals surface area contributed by atoms with Crippen LogP contribution in [0.4, 0.5) is 0 Å². The monoisotopic (exact) mass is 173 g/mol. The first-order valence-corrected chi connectivity index (χ1v) is 4.95. The van der Waals surface area contributed by atoms with Crippen LogP contribution in [0.3, 0.4) is 0 Å². The Bertz CT molecular complexity index is 106. The summed E-state index contributed by atoms with van der Waals surface area (Å²) >= 11 is 0. The van der Waals surface area contributed by atoms with Gasteiger partial charge in [0.2, 0.25) is 0 Å². The number of rotatable bonds is 1. The van der Waals surface area contributed by atoms with Crippen molar-refractivity contribution < 1.29 is 5.11 Å². The first kappa shape index (κ1) is 11.9. The molecule has 1 aliphatic carbocycles. The van der Waals surface area contributed by atoms with E-state index in [2.05, 4.69) is 19.6 Å². The van der Waals surface area contributed by atoms with Crippen molar-refractivity contribution in [2.75, 3.05) is 7.05 Å². The Kier molecular flexibility index (Phi) is 5.51. The summed E-state index contributed by atoms with van der Waals surface area (Å²) in [7, 11) is 1.50. The zero-order valence-electron chi connectivity index (χ0n) is 8.64. The van der Waals surface area contributed by atoms with Crippen LogP contribution in [-0.4, -0.2) is 17.8 Å². The molecular weight excluding hydrogens is 150 g/mol. The smallest absolute Gasteiger partial charge is 0.0670 e. The van der Waals surface area contributed by atoms with Crippen LogP contribution in [0.2, 0.25) is 0 Å². The number of hydrogen-bond acceptors (Lipinski definition) is 2. The minimum absolute atomic E-state index is 0.321. The number of hydrogen-bond donors (Lipinski definition) is 2. The highest BCUT2D eigenvalue weighted by atomic mass is 16.3. The maximum atomic E-state index is 9.95. The highest BCUT2D eigenvalue weighted by Gasteiger charge is 2.31. The van der Waals surface area contributed by atoms with E-state index in [-0.39, 0.29) is 5.60 Å². The Hall–Kier alpha value is -0.0800. The van der Waals surface area contributed by atoms with Crippen molar-refractivity contribution in [3.8, 4) is 0 Å². The van der Waals surface area contributed by atoms with Crippen molar-refractivity contribution in [2.45, 2.75) is 51.6 Å². The topological polar surface area (TPSA) is 46.2 Å². The summed E-state index contributed by atoms with van der Waals surface area (Å²) in [4.78, 5) is 0. The van der Waals surface area contributed by atoms with E-state index in [4.69, 9.17) is 0 Å². The van der Waals surface area contributed by atoms with Crippen molar-refractivity contribution in [1.82, 2.24) is 0 Å². The van der Waals surface area contributed by atoms with Gasteiger partial charge in [0, 0.05) is 0 Å². The first-order chi connectivity index (χ1) is 5.65. The average molecular weight is 173 g/mol. The van der Waals surface area contributed by atoms with Gasteiger partial charge in [0.05, 0.1) is 5.60 Å². The van der Waals surface area contributed by atoms with Crippen molar-refractivity contribution in [2.24, 2.45) is 11.7 Å². The predicted molar refractivity (Wildman–Crippen MR) is 53.0 cm³/mol. The molecule has 0 bridgehead atoms. The summed E-state index contributed by atoms with van der Waals surface area (Å²) < 4.78 is 0. The maximum absolute atomic E-state index is 9.95. The van der Waals surface area contributed by atoms with Crippen molar-refractivity contribution in [1.29, 1.82) is 0 Å². The van der Waals surface area contributed by atoms with Crippen molar-refractivity contribution in [3.63, 3.8) is 0 Å². The summed E-state index contributed by atoms with van der Waals surface area (Å²) in [5, 5.41) is 9.95. The fourth-order valence-electron chi connectivity index (χ4n) is 1.74. The zero-order valence-corrected chi connectivity index (χ0v) is 8.64. The molecule has 0 aromatic carbocycles. The molecule has 2 heteroatoms. The van der Waals surface area contributed by atoms with E-state index in [1.54, 1.807) is 0 Å². The molecule has 0 radical (unpaired) electrons. The van der Waals surface area contributed by atoms with Crippen molar-refractivity contribution >= 4 is 0 Å². The molecule has 0 heterocycles. The van der Waals surface area contributed by atoms with Gasteiger partial charge in [-0.05, 0) is 25.8 Å². The van der Waals surface area contributed by atoms with E-state index in [0.717, 1.165) is 12.8 Å². The third kappa shape index (κ3) is 3.11. The van der Waals surface area contributed by atoms with E-state index in [9.17, 15) is 5.11 Å². The highest BCUT2D eigenvalue weighted by Crippen LogP contribution is 2.33. The van der Waals surface area contributed by atoms with Gasteiger partial charge in [-0.1, -0.05) is 33.1 Å². The molecule has 1 saturated carbocycles. The van der Waals surface area contributed by atoms with E-state index in [0.29, 0.717) is 5.92 Å². The Morgan fingerprint density at radius 1 is 1.08 bits per heavy atom. The predicted octanol–water partition coefficient (Wildman–Crippen LogP) is 1.91. The van der Waals surface area contributed by atoms with Gasteiger partial charge in [-0.15, -0.1) is 0 Å². The Morgan fingerprint density at radius 2 is 1.50 bits per heavy atom. The zero-order chi connectivity index (χ0) is 9.61. The summed E-state index contributed by atoms with van der Waals surface area (Å²) in [5.41, 5.74) is 4.18. The van der Waals surface area contributed by atoms with E-state index in [1.165, 1.54) is 26.3 Å². The molecule has 0 spiro atoms. The van der Waals surface area contributed by atoms with Crippen LogP contribution in [0.5, 0.6) is 0 Å². The largest absolute Gasteiger partial charge is 0.390 e. The number of nitrogens with two attached hydrogens (primary N) is 1. The third-order valence-electron chi connectivity index (χ3n) is 2.79. The molecule has 1 rings (SSSR count). The lowest BCUT2D eigenvalue weighted by Crippen LogP contribution is -2.36. The maximum Gasteiger partial charge on any atom is 0.0670 e. The van der Waals surface area contributed by atoms with E-state index in [1.807, 2.05) is 0 Å². The quantitative estimate of drug-likeness (QED) is 0.636. The molecule has 12 heavy (non-hydrogen) atoms. The van der Waals surface area contributed by atoms with Crippen LogP contribution in [0.25, 0.3) is 0 Å². The standard InChI is InChI=1S/C9H18O.CH5N/c1-8(2)9(10)6-4-3-5-7-9;1-2/h8,10H,3-7H2,1-2H3;2H2,1H3. The second kappa shape index (κ2) is 5.55. The van der Waals surface area contributed by atoms with Crippen LogP contribution in [0.1, 0.15) is 46.0 Å². The molecule has 0 saturated heterocycles. The molecule has 3 N–H and O–H groups in total. The van der Waals surface area contributed by atoms with Gasteiger partial charge in [0.1, 0.15) is 0 Å². The third-order valence-corrected chi connectivity index (χ3v) is 2.79. The molecule has 74 valence electrons. The second-order valence-electron chi connectivity index (χ2n) is 3.82. The molecule has 0 aromatic rings. The van der Waals surface area contributed by atoms with Gasteiger partial charge in [-0.2, -0.15) is 0 Å². The highest BCUT2D eigenvalue weighted by molar-refractivity contribution is 4.84. The average Bonchev–Trinajstić information content (AvgIpc) is 2.09. The van der Waals surface area contributed by atoms with Gasteiger partial charge in [0.15, 0.2) is 0 Å². The normalized spacial score (nSPS) is 21.5. The van der Waals surface area contributed by atoms with Crippen LogP contribution < -0.4 is 5.73 Å². The lowest BCUT2D eigenvalue weighted by molar-refractivity contribution is -0.0368. The first-order valence-electron chi connectivity index (χ1n) is 4.95. The van der Waals surface area contributed by atoms with E-state index < -0.39 is 0 Å². The molecule has 0 aliphatic heterocycles. The fourth-order valence-corrected chi connectivity index (χ4v) is 1.74. The Balaban J connectivity index is 0.000000561. The fraction of sp³-hybridized carbons (Fsp3) is 1.00. The SMILES string of the molecule is CC(C)C1(O)CCCCC1.CN. The minimum atomic E-state index is -0.321. The van der Waals surface area contributed by atoms with Gasteiger partial charge < -0.3 is 10.8 Å². The van der Waals surface area contributed by atoms with E-state index >= 15 is 0 Å². The summed E-state index contributed by atoms with van der Waals surface area (Å²) in [6, 6.07) is 0. The van der Waals surface area contributed by atoms with Gasteiger partial charge in [0.25, 0.3) is 0 Å². The van der Waals surface area contributed by atoms with Crippen molar-refractivity contribution in [3.05, 3.63) is 0 Å². The lowest BCUT2D eigenvalue weighted by atomic mass is 9.77. The Morgan fingerprint density at radius 3 is 1.75 bits per heavy atom. The molecule has 0 atom stereocenters. The second-order valence-corrected chi connectivity index (χ2v) is 3.82. The van der Waals surface area contributed by atoms with Crippen LogP contribution in [0, 0.1) is 5.92 Å². The Labute approximate surface area is 76.2 Å². The van der Waals surface area contributed by atoms with Crippen LogP contribution >= 0.6 is 0 Å². The molecule has 0 aromatic heterocycles. The molecule has 0 amide bonds. The van der Waals surface area contributed by atoms with Gasteiger partial charge >= 0.3 is 0 Å². The molecule has 1 fully saturated rings. The molecular formula is C10H23NO. The van der Waals surface area contributed by atoms with Crippen LogP contribution in [-0.2, 0) is 0 Å². The van der Waals surface area contributed by atoms with Gasteiger partial charge in [-0.3, -0.25) is 0 Å². The molecule has 1 aliphatic rings. The molecule has 2 nitrogen and oxygen atoms in total. The molecule has 0 unspecified atom stereocenters. The number of aliphatic hydroxyl groups is 1. The minimum Gasteiger partial charge on any atom is -0.390 e. The lowest BCUT2D eigenvalue weighted by Gasteiger charge is -2.35. The van der Waals surface area contributed by atoms with Crippen LogP contribution in [0.15, 0.2) is 0 Å². The summed E-state index contributed by atoms with van der Waals surface area (Å²) in [6.07, 6.45) is 5.79. The van der Waals surface area contributed by atoms with Gasteiger partial charge in [-0.25, -0.2) is 0 Å². The summed E-state index contributed by atoms with van der Waals surface area (Å²) in [6.45, 7) is 4.23.